The fourth-order valence-electron chi connectivity index (χ4n) is 3.12. The van der Waals surface area contributed by atoms with Crippen molar-refractivity contribution in [1.82, 2.24) is 10.2 Å². The maximum atomic E-state index is 3.54. The predicted molar refractivity (Wildman–Crippen MR) is 76.4 cm³/mol. The van der Waals surface area contributed by atoms with Gasteiger partial charge in [0, 0.05) is 19.1 Å². The highest BCUT2D eigenvalue weighted by molar-refractivity contribution is 4.80. The first-order chi connectivity index (χ1) is 8.17. The van der Waals surface area contributed by atoms with Gasteiger partial charge in [-0.05, 0) is 38.8 Å². The molecule has 2 nitrogen and oxygen atoms in total. The predicted octanol–water partition coefficient (Wildman–Crippen LogP) is 3.13. The normalized spacial score (nSPS) is 28.1. The third-order valence-corrected chi connectivity index (χ3v) is 4.40. The summed E-state index contributed by atoms with van der Waals surface area (Å²) in [5, 5.41) is 3.54. The number of hydrogen-bond acceptors (Lipinski definition) is 2. The van der Waals surface area contributed by atoms with Crippen molar-refractivity contribution in [3.8, 4) is 0 Å². The van der Waals surface area contributed by atoms with Crippen molar-refractivity contribution >= 4 is 0 Å². The van der Waals surface area contributed by atoms with Crippen LogP contribution in [0.3, 0.4) is 0 Å². The molecule has 1 aliphatic carbocycles. The van der Waals surface area contributed by atoms with Gasteiger partial charge in [0.25, 0.3) is 0 Å². The van der Waals surface area contributed by atoms with E-state index < -0.39 is 0 Å². The van der Waals surface area contributed by atoms with Crippen LogP contribution >= 0.6 is 0 Å². The molecule has 3 unspecified atom stereocenters. The van der Waals surface area contributed by atoms with E-state index in [1.807, 2.05) is 0 Å². The summed E-state index contributed by atoms with van der Waals surface area (Å²) in [5.41, 5.74) is 0. The van der Waals surface area contributed by atoms with Crippen LogP contribution in [0.25, 0.3) is 0 Å². The Morgan fingerprint density at radius 3 is 2.59 bits per heavy atom. The zero-order valence-corrected chi connectivity index (χ0v) is 12.3. The smallest absolute Gasteiger partial charge is 0.0104 e. The van der Waals surface area contributed by atoms with E-state index in [2.05, 4.69) is 38.2 Å². The van der Waals surface area contributed by atoms with Crippen LogP contribution in [0.1, 0.15) is 52.4 Å². The van der Waals surface area contributed by atoms with Gasteiger partial charge in [0.1, 0.15) is 0 Å². The van der Waals surface area contributed by atoms with Crippen LogP contribution in [0.15, 0.2) is 0 Å². The van der Waals surface area contributed by atoms with E-state index in [1.165, 1.54) is 51.6 Å². The van der Waals surface area contributed by atoms with Crippen LogP contribution in [-0.2, 0) is 0 Å². The molecule has 1 rings (SSSR count). The summed E-state index contributed by atoms with van der Waals surface area (Å²) < 4.78 is 0. The van der Waals surface area contributed by atoms with Gasteiger partial charge in [-0.2, -0.15) is 0 Å². The zero-order valence-electron chi connectivity index (χ0n) is 12.3. The molecular weight excluding hydrogens is 208 g/mol. The quantitative estimate of drug-likeness (QED) is 0.718. The highest BCUT2D eigenvalue weighted by Crippen LogP contribution is 2.24. The summed E-state index contributed by atoms with van der Waals surface area (Å²) in [7, 11) is 4.43. The molecule has 0 aromatic heterocycles. The fourth-order valence-corrected chi connectivity index (χ4v) is 3.12. The second-order valence-corrected chi connectivity index (χ2v) is 6.03. The standard InChI is InChI=1S/C15H32N2/c1-5-13(2)11-17(4)12-14-9-7-6-8-10-15(14)16-3/h13-16H,5-12H2,1-4H3. The Morgan fingerprint density at radius 2 is 1.94 bits per heavy atom. The van der Waals surface area contributed by atoms with Crippen LogP contribution in [0.2, 0.25) is 0 Å². The highest BCUT2D eigenvalue weighted by Gasteiger charge is 2.23. The minimum Gasteiger partial charge on any atom is -0.317 e. The van der Waals surface area contributed by atoms with Gasteiger partial charge in [0.05, 0.1) is 0 Å². The third kappa shape index (κ3) is 5.39. The molecule has 17 heavy (non-hydrogen) atoms. The third-order valence-electron chi connectivity index (χ3n) is 4.40. The molecule has 0 aliphatic heterocycles. The maximum absolute atomic E-state index is 3.54. The minimum absolute atomic E-state index is 0.747. The number of nitrogens with one attached hydrogen (secondary N) is 1. The first-order valence-electron chi connectivity index (χ1n) is 7.53. The average molecular weight is 240 g/mol. The van der Waals surface area contributed by atoms with Gasteiger partial charge >= 0.3 is 0 Å². The van der Waals surface area contributed by atoms with Gasteiger partial charge in [0.2, 0.25) is 0 Å². The topological polar surface area (TPSA) is 15.3 Å². The van der Waals surface area contributed by atoms with Crippen molar-refractivity contribution in [2.75, 3.05) is 27.2 Å². The zero-order chi connectivity index (χ0) is 12.7. The van der Waals surface area contributed by atoms with E-state index in [1.54, 1.807) is 0 Å². The first kappa shape index (κ1) is 15.0. The molecular formula is C15H32N2. The number of rotatable bonds is 6. The first-order valence-corrected chi connectivity index (χ1v) is 7.53. The number of hydrogen-bond donors (Lipinski definition) is 1. The van der Waals surface area contributed by atoms with Gasteiger partial charge in [-0.25, -0.2) is 0 Å². The summed E-state index contributed by atoms with van der Waals surface area (Å²) in [6.45, 7) is 7.18. The average Bonchev–Trinajstić information content (AvgIpc) is 2.53. The van der Waals surface area contributed by atoms with E-state index in [-0.39, 0.29) is 0 Å². The molecule has 102 valence electrons. The summed E-state index contributed by atoms with van der Waals surface area (Å²) in [6.07, 6.45) is 8.36. The Balaban J connectivity index is 2.40. The van der Waals surface area contributed by atoms with Gasteiger partial charge in [0.15, 0.2) is 0 Å². The van der Waals surface area contributed by atoms with E-state index in [0.29, 0.717) is 0 Å². The molecule has 0 spiro atoms. The van der Waals surface area contributed by atoms with Crippen molar-refractivity contribution in [2.24, 2.45) is 11.8 Å². The molecule has 0 radical (unpaired) electrons. The van der Waals surface area contributed by atoms with Crippen LogP contribution < -0.4 is 5.32 Å². The monoisotopic (exact) mass is 240 g/mol. The van der Waals surface area contributed by atoms with Crippen LogP contribution in [0.4, 0.5) is 0 Å². The summed E-state index contributed by atoms with van der Waals surface area (Å²) in [6, 6.07) is 0.747. The lowest BCUT2D eigenvalue weighted by atomic mass is 9.94. The Kier molecular flexibility index (Phi) is 7.14. The van der Waals surface area contributed by atoms with Crippen molar-refractivity contribution in [3.05, 3.63) is 0 Å². The molecule has 0 saturated heterocycles. The van der Waals surface area contributed by atoms with Crippen molar-refractivity contribution in [1.29, 1.82) is 0 Å². The largest absolute Gasteiger partial charge is 0.317 e. The fraction of sp³-hybridized carbons (Fsp3) is 1.00. The molecule has 2 heteroatoms. The molecule has 0 heterocycles. The minimum atomic E-state index is 0.747. The van der Waals surface area contributed by atoms with E-state index >= 15 is 0 Å². The van der Waals surface area contributed by atoms with Gasteiger partial charge in [-0.15, -0.1) is 0 Å². The lowest BCUT2D eigenvalue weighted by molar-refractivity contribution is 0.207. The molecule has 0 aromatic carbocycles. The Labute approximate surface area is 108 Å². The Hall–Kier alpha value is -0.0800. The molecule has 0 bridgehead atoms. The maximum Gasteiger partial charge on any atom is 0.0104 e. The summed E-state index contributed by atoms with van der Waals surface area (Å²) >= 11 is 0. The summed E-state index contributed by atoms with van der Waals surface area (Å²) in [5.74, 6) is 1.69. The second-order valence-electron chi connectivity index (χ2n) is 6.03. The van der Waals surface area contributed by atoms with E-state index in [4.69, 9.17) is 0 Å². The molecule has 1 aliphatic rings. The Morgan fingerprint density at radius 1 is 1.24 bits per heavy atom. The molecule has 0 aromatic rings. The van der Waals surface area contributed by atoms with Crippen LogP contribution in [0, 0.1) is 11.8 Å². The number of nitrogens with zero attached hydrogens (tertiary/aromatic N) is 1. The molecule has 1 N–H and O–H groups in total. The lowest BCUT2D eigenvalue weighted by Crippen LogP contribution is -2.40. The van der Waals surface area contributed by atoms with E-state index in [0.717, 1.165) is 17.9 Å². The second kappa shape index (κ2) is 8.10. The highest BCUT2D eigenvalue weighted by atomic mass is 15.1. The molecule has 1 saturated carbocycles. The SMILES string of the molecule is CCC(C)CN(C)CC1CCCCCC1NC. The lowest BCUT2D eigenvalue weighted by Gasteiger charge is -2.30. The van der Waals surface area contributed by atoms with Gasteiger partial charge < -0.3 is 10.2 Å². The van der Waals surface area contributed by atoms with Crippen molar-refractivity contribution in [2.45, 2.75) is 58.4 Å². The molecule has 1 fully saturated rings. The van der Waals surface area contributed by atoms with Gasteiger partial charge in [-0.3, -0.25) is 0 Å². The molecule has 3 atom stereocenters. The van der Waals surface area contributed by atoms with Crippen LogP contribution in [0.5, 0.6) is 0 Å². The van der Waals surface area contributed by atoms with E-state index in [9.17, 15) is 0 Å². The molecule has 0 amide bonds. The van der Waals surface area contributed by atoms with Crippen molar-refractivity contribution in [3.63, 3.8) is 0 Å². The van der Waals surface area contributed by atoms with Crippen molar-refractivity contribution < 1.29 is 0 Å². The van der Waals surface area contributed by atoms with Gasteiger partial charge in [-0.1, -0.05) is 39.5 Å². The summed E-state index contributed by atoms with van der Waals surface area (Å²) in [4.78, 5) is 2.55. The van der Waals surface area contributed by atoms with Crippen LogP contribution in [-0.4, -0.2) is 38.1 Å². The Bertz CT molecular complexity index is 193.